The first kappa shape index (κ1) is 12.0. The molecule has 18 heavy (non-hydrogen) atoms. The normalized spacial score (nSPS) is 30.9. The number of benzene rings is 1. The number of hydrogen-bond acceptors (Lipinski definition) is 2. The van der Waals surface area contributed by atoms with Gasteiger partial charge in [0.1, 0.15) is 5.75 Å². The van der Waals surface area contributed by atoms with Gasteiger partial charge in [0.05, 0.1) is 7.11 Å². The second kappa shape index (κ2) is 4.93. The third-order valence-corrected chi connectivity index (χ3v) is 4.76. The molecule has 2 heteroatoms. The molecule has 1 aromatic carbocycles. The van der Waals surface area contributed by atoms with Crippen molar-refractivity contribution in [1.82, 2.24) is 5.32 Å². The first-order valence-electron chi connectivity index (χ1n) is 7.23. The molecule has 2 nitrogen and oxygen atoms in total. The molecular weight excluding hydrogens is 222 g/mol. The third kappa shape index (κ3) is 1.93. The number of ether oxygens (including phenoxy) is 1. The Morgan fingerprint density at radius 2 is 2.00 bits per heavy atom. The summed E-state index contributed by atoms with van der Waals surface area (Å²) in [5.74, 6) is 3.82. The van der Waals surface area contributed by atoms with E-state index in [-0.39, 0.29) is 0 Å². The maximum Gasteiger partial charge on any atom is 0.123 e. The molecular formula is C16H23NO. The molecule has 3 rings (SSSR count). The Kier molecular flexibility index (Phi) is 3.29. The van der Waals surface area contributed by atoms with Crippen molar-refractivity contribution in [2.24, 2.45) is 17.8 Å². The van der Waals surface area contributed by atoms with Gasteiger partial charge < -0.3 is 10.1 Å². The van der Waals surface area contributed by atoms with Crippen molar-refractivity contribution >= 4 is 0 Å². The van der Waals surface area contributed by atoms with Crippen LogP contribution in [0.5, 0.6) is 5.75 Å². The Hall–Kier alpha value is -1.02. The monoisotopic (exact) mass is 245 g/mol. The average Bonchev–Trinajstić information content (AvgIpc) is 2.87. The van der Waals surface area contributed by atoms with Crippen molar-refractivity contribution in [3.63, 3.8) is 0 Å². The molecule has 1 aromatic rings. The second-order valence-electron chi connectivity index (χ2n) is 5.61. The SMILES string of the molecule is CCNC(c1ccccc1OC)C1C2CCCC21. The Labute approximate surface area is 110 Å². The van der Waals surface area contributed by atoms with E-state index < -0.39 is 0 Å². The van der Waals surface area contributed by atoms with Crippen LogP contribution in [-0.4, -0.2) is 13.7 Å². The van der Waals surface area contributed by atoms with Gasteiger partial charge in [-0.3, -0.25) is 0 Å². The van der Waals surface area contributed by atoms with E-state index in [4.69, 9.17) is 4.74 Å². The van der Waals surface area contributed by atoms with Crippen molar-refractivity contribution in [2.75, 3.05) is 13.7 Å². The van der Waals surface area contributed by atoms with Gasteiger partial charge in [-0.25, -0.2) is 0 Å². The molecule has 2 aliphatic carbocycles. The fourth-order valence-electron chi connectivity index (χ4n) is 3.97. The van der Waals surface area contributed by atoms with E-state index in [1.54, 1.807) is 7.11 Å². The average molecular weight is 245 g/mol. The zero-order valence-electron chi connectivity index (χ0n) is 11.4. The maximum absolute atomic E-state index is 5.53. The van der Waals surface area contributed by atoms with Crippen molar-refractivity contribution in [2.45, 2.75) is 32.2 Å². The van der Waals surface area contributed by atoms with Gasteiger partial charge in [0.2, 0.25) is 0 Å². The molecule has 0 radical (unpaired) electrons. The summed E-state index contributed by atoms with van der Waals surface area (Å²) in [4.78, 5) is 0. The summed E-state index contributed by atoms with van der Waals surface area (Å²) in [6.45, 7) is 3.22. The van der Waals surface area contributed by atoms with Gasteiger partial charge in [-0.2, -0.15) is 0 Å². The zero-order valence-corrected chi connectivity index (χ0v) is 11.4. The van der Waals surface area contributed by atoms with E-state index in [2.05, 4.69) is 36.5 Å². The minimum absolute atomic E-state index is 0.487. The molecule has 0 spiro atoms. The highest BCUT2D eigenvalue weighted by atomic mass is 16.5. The standard InChI is InChI=1S/C16H23NO/c1-3-17-16(15-11-8-6-9-12(11)15)13-7-4-5-10-14(13)18-2/h4-5,7,10-12,15-17H,3,6,8-9H2,1-2H3. The Morgan fingerprint density at radius 1 is 1.28 bits per heavy atom. The quantitative estimate of drug-likeness (QED) is 0.858. The largest absolute Gasteiger partial charge is 0.496 e. The molecule has 3 unspecified atom stereocenters. The van der Waals surface area contributed by atoms with Gasteiger partial charge in [-0.15, -0.1) is 0 Å². The van der Waals surface area contributed by atoms with E-state index >= 15 is 0 Å². The van der Waals surface area contributed by atoms with Crippen molar-refractivity contribution in [3.8, 4) is 5.75 Å². The predicted molar refractivity (Wildman–Crippen MR) is 73.7 cm³/mol. The molecule has 0 aromatic heterocycles. The Morgan fingerprint density at radius 3 is 2.67 bits per heavy atom. The van der Waals surface area contributed by atoms with Crippen molar-refractivity contribution in [3.05, 3.63) is 29.8 Å². The lowest BCUT2D eigenvalue weighted by atomic mass is 9.96. The Bertz CT molecular complexity index is 407. The number of hydrogen-bond donors (Lipinski definition) is 1. The van der Waals surface area contributed by atoms with Crippen LogP contribution in [0.2, 0.25) is 0 Å². The molecule has 0 saturated heterocycles. The van der Waals surface area contributed by atoms with E-state index in [0.29, 0.717) is 6.04 Å². The van der Waals surface area contributed by atoms with Crippen LogP contribution in [-0.2, 0) is 0 Å². The van der Waals surface area contributed by atoms with E-state index in [1.165, 1.54) is 24.8 Å². The molecule has 2 fully saturated rings. The fraction of sp³-hybridized carbons (Fsp3) is 0.625. The summed E-state index contributed by atoms with van der Waals surface area (Å²) in [5.41, 5.74) is 1.35. The summed E-state index contributed by atoms with van der Waals surface area (Å²) in [6.07, 6.45) is 4.31. The van der Waals surface area contributed by atoms with Crippen LogP contribution in [0.1, 0.15) is 37.8 Å². The van der Waals surface area contributed by atoms with Crippen LogP contribution in [0.3, 0.4) is 0 Å². The minimum atomic E-state index is 0.487. The number of rotatable bonds is 5. The predicted octanol–water partition coefficient (Wildman–Crippen LogP) is 3.39. The first-order chi connectivity index (χ1) is 8.86. The molecule has 1 N–H and O–H groups in total. The maximum atomic E-state index is 5.53. The second-order valence-corrected chi connectivity index (χ2v) is 5.61. The molecule has 2 aliphatic rings. The first-order valence-corrected chi connectivity index (χ1v) is 7.23. The molecule has 98 valence electrons. The topological polar surface area (TPSA) is 21.3 Å². The van der Waals surface area contributed by atoms with Crippen LogP contribution < -0.4 is 10.1 Å². The van der Waals surface area contributed by atoms with Crippen LogP contribution in [0, 0.1) is 17.8 Å². The van der Waals surface area contributed by atoms with Crippen LogP contribution in [0.15, 0.2) is 24.3 Å². The fourth-order valence-corrected chi connectivity index (χ4v) is 3.97. The lowest BCUT2D eigenvalue weighted by molar-refractivity contribution is 0.378. The van der Waals surface area contributed by atoms with Crippen LogP contribution in [0.4, 0.5) is 0 Å². The number of methoxy groups -OCH3 is 1. The third-order valence-electron chi connectivity index (χ3n) is 4.76. The Balaban J connectivity index is 1.85. The number of nitrogens with one attached hydrogen (secondary N) is 1. The van der Waals surface area contributed by atoms with Gasteiger partial charge in [0, 0.05) is 11.6 Å². The summed E-state index contributed by atoms with van der Waals surface area (Å²) < 4.78 is 5.53. The molecule has 0 aliphatic heterocycles. The molecule has 0 bridgehead atoms. The number of fused-ring (bicyclic) bond motifs is 1. The highest BCUT2D eigenvalue weighted by Gasteiger charge is 2.56. The van der Waals surface area contributed by atoms with Gasteiger partial charge in [-0.1, -0.05) is 31.5 Å². The molecule has 0 amide bonds. The van der Waals surface area contributed by atoms with Gasteiger partial charge >= 0.3 is 0 Å². The molecule has 0 heterocycles. The summed E-state index contributed by atoms with van der Waals surface area (Å²) in [5, 5.41) is 3.68. The highest BCUT2D eigenvalue weighted by Crippen LogP contribution is 2.62. The van der Waals surface area contributed by atoms with Gasteiger partial charge in [0.25, 0.3) is 0 Å². The summed E-state index contributed by atoms with van der Waals surface area (Å²) in [7, 11) is 1.77. The zero-order chi connectivity index (χ0) is 12.5. The lowest BCUT2D eigenvalue weighted by Crippen LogP contribution is -2.24. The smallest absolute Gasteiger partial charge is 0.123 e. The van der Waals surface area contributed by atoms with E-state index in [0.717, 1.165) is 30.0 Å². The molecule has 2 saturated carbocycles. The minimum Gasteiger partial charge on any atom is -0.496 e. The van der Waals surface area contributed by atoms with E-state index in [9.17, 15) is 0 Å². The summed E-state index contributed by atoms with van der Waals surface area (Å²) >= 11 is 0. The van der Waals surface area contributed by atoms with Crippen molar-refractivity contribution < 1.29 is 4.74 Å². The van der Waals surface area contributed by atoms with Crippen molar-refractivity contribution in [1.29, 1.82) is 0 Å². The van der Waals surface area contributed by atoms with E-state index in [1.807, 2.05) is 0 Å². The number of para-hydroxylation sites is 1. The van der Waals surface area contributed by atoms with Gasteiger partial charge in [0.15, 0.2) is 0 Å². The molecule has 3 atom stereocenters. The summed E-state index contributed by atoms with van der Waals surface area (Å²) in [6, 6.07) is 8.97. The van der Waals surface area contributed by atoms with Crippen LogP contribution >= 0.6 is 0 Å². The highest BCUT2D eigenvalue weighted by molar-refractivity contribution is 5.37. The van der Waals surface area contributed by atoms with Gasteiger partial charge in [-0.05, 0) is 43.2 Å². The van der Waals surface area contributed by atoms with Crippen LogP contribution in [0.25, 0.3) is 0 Å². The lowest BCUT2D eigenvalue weighted by Gasteiger charge is -2.22.